The van der Waals surface area contributed by atoms with Gasteiger partial charge in [0, 0.05) is 30.8 Å². The Kier molecular flexibility index (Phi) is 6.87. The van der Waals surface area contributed by atoms with Gasteiger partial charge in [0.05, 0.1) is 6.20 Å². The number of ether oxygens (including phenoxy) is 1. The zero-order chi connectivity index (χ0) is 22.2. The van der Waals surface area contributed by atoms with Gasteiger partial charge in [-0.3, -0.25) is 9.48 Å². The van der Waals surface area contributed by atoms with Crippen LogP contribution in [0.3, 0.4) is 0 Å². The van der Waals surface area contributed by atoms with E-state index in [0.29, 0.717) is 42.3 Å². The van der Waals surface area contributed by atoms with Crippen molar-refractivity contribution in [2.45, 2.75) is 32.9 Å². The fourth-order valence-corrected chi connectivity index (χ4v) is 3.10. The summed E-state index contributed by atoms with van der Waals surface area (Å²) in [6, 6.07) is 15.4. The van der Waals surface area contributed by atoms with Crippen LogP contribution in [0.15, 0.2) is 71.6 Å². The molecule has 32 heavy (non-hydrogen) atoms. The lowest BCUT2D eigenvalue weighted by Gasteiger charge is -2.05. The molecule has 4 rings (SSSR count). The number of Topliss-reactive ketones (excluding diaryl/α,β-unsaturated/α-hetero) is 1. The Labute approximate surface area is 186 Å². The van der Waals surface area contributed by atoms with Gasteiger partial charge in [0.15, 0.2) is 5.78 Å². The number of carbonyl (C=O) groups excluding carboxylic acids is 1. The van der Waals surface area contributed by atoms with Crippen molar-refractivity contribution in [1.29, 1.82) is 0 Å². The van der Waals surface area contributed by atoms with Crippen LogP contribution in [0, 0.1) is 6.92 Å². The minimum atomic E-state index is 0.0955. The molecule has 0 aliphatic heterocycles. The highest BCUT2D eigenvalue weighted by molar-refractivity contribution is 5.96. The summed E-state index contributed by atoms with van der Waals surface area (Å²) >= 11 is 0. The predicted octanol–water partition coefficient (Wildman–Crippen LogP) is 4.99. The normalized spacial score (nSPS) is 11.2. The Morgan fingerprint density at radius 1 is 1.09 bits per heavy atom. The Morgan fingerprint density at radius 2 is 1.91 bits per heavy atom. The van der Waals surface area contributed by atoms with Crippen molar-refractivity contribution in [2.24, 2.45) is 0 Å². The molecule has 0 aliphatic carbocycles. The molecule has 0 unspecified atom stereocenters. The maximum absolute atomic E-state index is 12.3. The van der Waals surface area contributed by atoms with E-state index < -0.39 is 0 Å². The number of nitrogens with zero attached hydrogens (tertiary/aromatic N) is 4. The van der Waals surface area contributed by atoms with Crippen LogP contribution in [0.1, 0.15) is 45.9 Å². The van der Waals surface area contributed by atoms with E-state index in [0.717, 1.165) is 5.56 Å². The van der Waals surface area contributed by atoms with Gasteiger partial charge in [-0.25, -0.2) is 4.98 Å². The minimum absolute atomic E-state index is 0.0955. The maximum Gasteiger partial charge on any atom is 0.218 e. The van der Waals surface area contributed by atoms with E-state index in [9.17, 15) is 4.79 Å². The van der Waals surface area contributed by atoms with E-state index >= 15 is 0 Å². The van der Waals surface area contributed by atoms with E-state index in [1.165, 1.54) is 5.56 Å². The van der Waals surface area contributed by atoms with Crippen LogP contribution in [-0.4, -0.2) is 25.8 Å². The molecule has 0 spiro atoms. The molecule has 2 aromatic carbocycles. The van der Waals surface area contributed by atoms with Crippen molar-refractivity contribution in [3.05, 3.63) is 95.5 Å². The van der Waals surface area contributed by atoms with Gasteiger partial charge in [-0.1, -0.05) is 35.0 Å². The molecule has 162 valence electrons. The Bertz CT molecular complexity index is 1160. The molecule has 4 aromatic rings. The van der Waals surface area contributed by atoms with Crippen molar-refractivity contribution in [1.82, 2.24) is 20.0 Å². The SMILES string of the molecule is Cc1ccc(/C=C/c2nc(COc3ccc(C(=O)CCCn4ccnn4)cc3)co2)cc1. The fourth-order valence-electron chi connectivity index (χ4n) is 3.10. The molecular formula is C25H24N4O3. The molecule has 0 bridgehead atoms. The number of hydrogen-bond acceptors (Lipinski definition) is 6. The first-order valence-electron chi connectivity index (χ1n) is 10.4. The molecule has 0 amide bonds. The van der Waals surface area contributed by atoms with Gasteiger partial charge in [-0.15, -0.1) is 5.10 Å². The van der Waals surface area contributed by atoms with Crippen molar-refractivity contribution in [2.75, 3.05) is 0 Å². The third-order valence-electron chi connectivity index (χ3n) is 4.89. The van der Waals surface area contributed by atoms with Gasteiger partial charge in [-0.2, -0.15) is 0 Å². The molecule has 0 saturated heterocycles. The van der Waals surface area contributed by atoms with Crippen LogP contribution in [0.5, 0.6) is 5.75 Å². The molecule has 0 aliphatic rings. The molecule has 0 N–H and O–H groups in total. The molecule has 7 nitrogen and oxygen atoms in total. The first kappa shape index (κ1) is 21.2. The Balaban J connectivity index is 1.24. The van der Waals surface area contributed by atoms with Crippen molar-refractivity contribution >= 4 is 17.9 Å². The van der Waals surface area contributed by atoms with E-state index in [-0.39, 0.29) is 12.4 Å². The number of carbonyl (C=O) groups is 1. The monoisotopic (exact) mass is 428 g/mol. The molecule has 0 saturated carbocycles. The van der Waals surface area contributed by atoms with Crippen LogP contribution in [-0.2, 0) is 13.2 Å². The van der Waals surface area contributed by atoms with Crippen LogP contribution in [0.4, 0.5) is 0 Å². The van der Waals surface area contributed by atoms with Gasteiger partial charge < -0.3 is 9.15 Å². The van der Waals surface area contributed by atoms with E-state index in [4.69, 9.17) is 9.15 Å². The first-order valence-corrected chi connectivity index (χ1v) is 10.4. The standard InChI is InChI=1S/C25H24N4O3/c1-19-4-6-20(7-5-19)8-13-25-27-22(18-32-25)17-31-23-11-9-21(10-12-23)24(30)3-2-15-29-16-14-26-28-29/h4-14,16,18H,2-3,15,17H2,1H3/b13-8+. The third kappa shape index (κ3) is 6.01. The van der Waals surface area contributed by atoms with Crippen molar-refractivity contribution in [3.63, 3.8) is 0 Å². The summed E-state index contributed by atoms with van der Waals surface area (Å²) in [5.74, 6) is 1.29. The zero-order valence-electron chi connectivity index (χ0n) is 17.8. The number of aromatic nitrogens is 4. The molecule has 2 heterocycles. The topological polar surface area (TPSA) is 83.0 Å². The maximum atomic E-state index is 12.3. The highest BCUT2D eigenvalue weighted by Crippen LogP contribution is 2.16. The van der Waals surface area contributed by atoms with Crippen LogP contribution < -0.4 is 4.74 Å². The van der Waals surface area contributed by atoms with Crippen molar-refractivity contribution < 1.29 is 13.9 Å². The largest absolute Gasteiger partial charge is 0.487 e. The second-order valence-corrected chi connectivity index (χ2v) is 7.43. The smallest absolute Gasteiger partial charge is 0.218 e. The average molecular weight is 428 g/mol. The highest BCUT2D eigenvalue weighted by Gasteiger charge is 2.07. The summed E-state index contributed by atoms with van der Waals surface area (Å²) in [5.41, 5.74) is 3.67. The van der Waals surface area contributed by atoms with Gasteiger partial charge in [0.2, 0.25) is 5.89 Å². The third-order valence-corrected chi connectivity index (χ3v) is 4.89. The van der Waals surface area contributed by atoms with Gasteiger partial charge in [-0.05, 0) is 49.2 Å². The molecular weight excluding hydrogens is 404 g/mol. The summed E-state index contributed by atoms with van der Waals surface area (Å²) < 4.78 is 13.0. The fraction of sp³-hybridized carbons (Fsp3) is 0.200. The highest BCUT2D eigenvalue weighted by atomic mass is 16.5. The molecule has 0 radical (unpaired) electrons. The number of ketones is 1. The summed E-state index contributed by atoms with van der Waals surface area (Å²) in [4.78, 5) is 16.7. The number of hydrogen-bond donors (Lipinski definition) is 0. The first-order chi connectivity index (χ1) is 15.7. The number of aryl methyl sites for hydroxylation is 2. The lowest BCUT2D eigenvalue weighted by atomic mass is 10.1. The lowest BCUT2D eigenvalue weighted by molar-refractivity contribution is 0.0978. The van der Waals surface area contributed by atoms with Gasteiger partial charge in [0.1, 0.15) is 24.3 Å². The molecule has 0 atom stereocenters. The van der Waals surface area contributed by atoms with Crippen molar-refractivity contribution in [3.8, 4) is 5.75 Å². The second kappa shape index (κ2) is 10.3. The van der Waals surface area contributed by atoms with E-state index in [2.05, 4.69) is 34.4 Å². The average Bonchev–Trinajstić information content (AvgIpc) is 3.50. The van der Waals surface area contributed by atoms with Gasteiger partial charge in [0.25, 0.3) is 0 Å². The van der Waals surface area contributed by atoms with Crippen LogP contribution in [0.25, 0.3) is 12.2 Å². The second-order valence-electron chi connectivity index (χ2n) is 7.43. The number of oxazole rings is 1. The molecule has 7 heteroatoms. The lowest BCUT2D eigenvalue weighted by Crippen LogP contribution is -2.04. The van der Waals surface area contributed by atoms with Crippen LogP contribution in [0.2, 0.25) is 0 Å². The quantitative estimate of drug-likeness (QED) is 0.331. The number of rotatable bonds is 10. The summed E-state index contributed by atoms with van der Waals surface area (Å²) in [5, 5.41) is 7.65. The van der Waals surface area contributed by atoms with Crippen LogP contribution >= 0.6 is 0 Å². The Hall–Kier alpha value is -4.00. The number of benzene rings is 2. The van der Waals surface area contributed by atoms with E-state index in [1.54, 1.807) is 47.6 Å². The summed E-state index contributed by atoms with van der Waals surface area (Å²) in [7, 11) is 0. The minimum Gasteiger partial charge on any atom is -0.487 e. The Morgan fingerprint density at radius 3 is 2.66 bits per heavy atom. The summed E-state index contributed by atoms with van der Waals surface area (Å²) in [6.45, 7) is 3.02. The predicted molar refractivity (Wildman–Crippen MR) is 121 cm³/mol. The summed E-state index contributed by atoms with van der Waals surface area (Å²) in [6.07, 6.45) is 9.96. The van der Waals surface area contributed by atoms with Gasteiger partial charge >= 0.3 is 0 Å². The molecule has 2 aromatic heterocycles. The zero-order valence-corrected chi connectivity index (χ0v) is 17.8. The van der Waals surface area contributed by atoms with E-state index in [1.807, 2.05) is 24.3 Å². The molecule has 0 fully saturated rings.